The molecule has 1 N–H and O–H groups in total. The van der Waals surface area contributed by atoms with Crippen molar-refractivity contribution in [1.29, 1.82) is 0 Å². The van der Waals surface area contributed by atoms with Crippen molar-refractivity contribution in [1.82, 2.24) is 9.97 Å². The van der Waals surface area contributed by atoms with Crippen LogP contribution in [0.2, 0.25) is 0 Å². The molecule has 100 valence electrons. The number of ether oxygens (including phenoxy) is 1. The van der Waals surface area contributed by atoms with Crippen LogP contribution in [0.4, 0.5) is 11.6 Å². The van der Waals surface area contributed by atoms with Crippen molar-refractivity contribution in [2.24, 2.45) is 0 Å². The Balaban J connectivity index is 2.18. The fraction of sp³-hybridized carbons (Fsp3) is 0.667. The molecule has 18 heavy (non-hydrogen) atoms. The lowest BCUT2D eigenvalue weighted by molar-refractivity contribution is 0.0853. The van der Waals surface area contributed by atoms with E-state index in [1.165, 1.54) is 0 Å². The highest BCUT2D eigenvalue weighted by Gasteiger charge is 2.22. The topological polar surface area (TPSA) is 50.3 Å². The second kappa shape index (κ2) is 6.33. The van der Waals surface area contributed by atoms with Gasteiger partial charge in [-0.2, -0.15) is 0 Å². The maximum Gasteiger partial charge on any atom is 0.148 e. The minimum atomic E-state index is 0.486. The summed E-state index contributed by atoms with van der Waals surface area (Å²) in [6, 6.07) is 0.486. The molecule has 0 spiro atoms. The molecule has 0 radical (unpaired) electrons. The van der Waals surface area contributed by atoms with E-state index >= 15 is 0 Å². The first-order chi connectivity index (χ1) is 8.74. The van der Waals surface area contributed by atoms with Gasteiger partial charge in [0.15, 0.2) is 0 Å². The van der Waals surface area contributed by atoms with Gasteiger partial charge in [0.1, 0.15) is 22.4 Å². The van der Waals surface area contributed by atoms with Crippen LogP contribution >= 0.6 is 15.9 Å². The summed E-state index contributed by atoms with van der Waals surface area (Å²) in [5.74, 6) is 1.79. The van der Waals surface area contributed by atoms with Gasteiger partial charge in [0.05, 0.1) is 0 Å². The van der Waals surface area contributed by atoms with E-state index < -0.39 is 0 Å². The summed E-state index contributed by atoms with van der Waals surface area (Å²) in [6.07, 6.45) is 3.70. The van der Waals surface area contributed by atoms with Crippen LogP contribution in [0.25, 0.3) is 0 Å². The Labute approximate surface area is 116 Å². The van der Waals surface area contributed by atoms with E-state index in [1.807, 2.05) is 0 Å². The maximum atomic E-state index is 5.39. The van der Waals surface area contributed by atoms with Gasteiger partial charge < -0.3 is 15.0 Å². The average Bonchev–Trinajstić information content (AvgIpc) is 2.42. The first-order valence-corrected chi connectivity index (χ1v) is 7.08. The van der Waals surface area contributed by atoms with E-state index in [-0.39, 0.29) is 0 Å². The molecule has 1 saturated heterocycles. The molecule has 0 saturated carbocycles. The Morgan fingerprint density at radius 2 is 2.17 bits per heavy atom. The molecule has 1 aromatic rings. The molecule has 1 aromatic heterocycles. The summed E-state index contributed by atoms with van der Waals surface area (Å²) >= 11 is 3.59. The number of nitrogens with zero attached hydrogens (tertiary/aromatic N) is 3. The van der Waals surface area contributed by atoms with Gasteiger partial charge in [0.25, 0.3) is 0 Å². The maximum absolute atomic E-state index is 5.39. The van der Waals surface area contributed by atoms with Crippen LogP contribution in [0.15, 0.2) is 10.8 Å². The second-order valence-electron chi connectivity index (χ2n) is 4.34. The number of hydrogen-bond acceptors (Lipinski definition) is 5. The third-order valence-corrected chi connectivity index (χ3v) is 3.92. The lowest BCUT2D eigenvalue weighted by atomic mass is 10.1. The van der Waals surface area contributed by atoms with Crippen molar-refractivity contribution in [2.45, 2.75) is 25.8 Å². The minimum absolute atomic E-state index is 0.486. The van der Waals surface area contributed by atoms with Gasteiger partial charge >= 0.3 is 0 Å². The van der Waals surface area contributed by atoms with Crippen molar-refractivity contribution in [3.05, 3.63) is 10.8 Å². The number of rotatable bonds is 4. The monoisotopic (exact) mass is 314 g/mol. The van der Waals surface area contributed by atoms with Crippen LogP contribution in [0, 0.1) is 0 Å². The lowest BCUT2D eigenvalue weighted by Crippen LogP contribution is -2.37. The number of hydrogen-bond donors (Lipinski definition) is 1. The summed E-state index contributed by atoms with van der Waals surface area (Å²) in [6.45, 7) is 4.56. The summed E-state index contributed by atoms with van der Waals surface area (Å²) in [7, 11) is 2.08. The number of nitrogens with one attached hydrogen (secondary N) is 1. The molecule has 0 bridgehead atoms. The van der Waals surface area contributed by atoms with Crippen molar-refractivity contribution >= 4 is 27.6 Å². The Bertz CT molecular complexity index is 396. The SMILES string of the molecule is CCNc1ncnc(N(C)C2CCOCC2)c1Br. The summed E-state index contributed by atoms with van der Waals surface area (Å²) in [5, 5.41) is 3.22. The number of halogens is 1. The predicted octanol–water partition coefficient (Wildman–Crippen LogP) is 2.29. The molecule has 0 atom stereocenters. The standard InChI is InChI=1S/C12H19BrN4O/c1-3-14-11-10(13)12(16-8-15-11)17(2)9-4-6-18-7-5-9/h8-9H,3-7H2,1-2H3,(H,14,15,16). The highest BCUT2D eigenvalue weighted by atomic mass is 79.9. The van der Waals surface area contributed by atoms with E-state index in [0.29, 0.717) is 6.04 Å². The molecule has 2 heterocycles. The molecular weight excluding hydrogens is 296 g/mol. The summed E-state index contributed by atoms with van der Waals surface area (Å²) in [4.78, 5) is 10.8. The molecule has 6 heteroatoms. The Morgan fingerprint density at radius 3 is 2.83 bits per heavy atom. The third kappa shape index (κ3) is 2.92. The van der Waals surface area contributed by atoms with Gasteiger partial charge in [-0.15, -0.1) is 0 Å². The average molecular weight is 315 g/mol. The number of aromatic nitrogens is 2. The Morgan fingerprint density at radius 1 is 1.44 bits per heavy atom. The predicted molar refractivity (Wildman–Crippen MR) is 76.1 cm³/mol. The molecule has 2 rings (SSSR count). The molecule has 0 aromatic carbocycles. The zero-order valence-electron chi connectivity index (χ0n) is 10.8. The highest BCUT2D eigenvalue weighted by molar-refractivity contribution is 9.10. The minimum Gasteiger partial charge on any atom is -0.381 e. The van der Waals surface area contributed by atoms with Crippen molar-refractivity contribution in [3.8, 4) is 0 Å². The summed E-state index contributed by atoms with van der Waals surface area (Å²) < 4.78 is 6.33. The smallest absolute Gasteiger partial charge is 0.148 e. The van der Waals surface area contributed by atoms with E-state index in [2.05, 4.69) is 50.1 Å². The second-order valence-corrected chi connectivity index (χ2v) is 5.14. The first-order valence-electron chi connectivity index (χ1n) is 6.29. The molecular formula is C12H19BrN4O. The van der Waals surface area contributed by atoms with Crippen LogP contribution < -0.4 is 10.2 Å². The molecule has 0 aliphatic carbocycles. The van der Waals surface area contributed by atoms with Crippen LogP contribution in [-0.4, -0.2) is 42.8 Å². The van der Waals surface area contributed by atoms with Crippen LogP contribution in [0.3, 0.4) is 0 Å². The summed E-state index contributed by atoms with van der Waals surface area (Å²) in [5.41, 5.74) is 0. The lowest BCUT2D eigenvalue weighted by Gasteiger charge is -2.32. The molecule has 1 fully saturated rings. The Kier molecular flexibility index (Phi) is 4.77. The van der Waals surface area contributed by atoms with Crippen LogP contribution in [0.1, 0.15) is 19.8 Å². The fourth-order valence-corrected chi connectivity index (χ4v) is 2.77. The van der Waals surface area contributed by atoms with E-state index in [0.717, 1.165) is 48.7 Å². The zero-order chi connectivity index (χ0) is 13.0. The van der Waals surface area contributed by atoms with Gasteiger partial charge in [-0.3, -0.25) is 0 Å². The van der Waals surface area contributed by atoms with Crippen LogP contribution in [-0.2, 0) is 4.74 Å². The van der Waals surface area contributed by atoms with Gasteiger partial charge in [-0.1, -0.05) is 0 Å². The molecule has 5 nitrogen and oxygen atoms in total. The largest absolute Gasteiger partial charge is 0.381 e. The van der Waals surface area contributed by atoms with Gasteiger partial charge in [0, 0.05) is 32.8 Å². The van der Waals surface area contributed by atoms with Gasteiger partial charge in [-0.25, -0.2) is 9.97 Å². The highest BCUT2D eigenvalue weighted by Crippen LogP contribution is 2.31. The first kappa shape index (κ1) is 13.5. The normalized spacial score (nSPS) is 16.6. The Hall–Kier alpha value is -0.880. The third-order valence-electron chi connectivity index (χ3n) is 3.19. The molecule has 0 unspecified atom stereocenters. The van der Waals surface area contributed by atoms with E-state index in [1.54, 1.807) is 6.33 Å². The molecule has 1 aliphatic heterocycles. The fourth-order valence-electron chi connectivity index (χ4n) is 2.14. The molecule has 0 amide bonds. The van der Waals surface area contributed by atoms with Crippen LogP contribution in [0.5, 0.6) is 0 Å². The van der Waals surface area contributed by atoms with Crippen molar-refractivity contribution < 1.29 is 4.74 Å². The van der Waals surface area contributed by atoms with Gasteiger partial charge in [-0.05, 0) is 35.7 Å². The quantitative estimate of drug-likeness (QED) is 0.924. The van der Waals surface area contributed by atoms with Crippen molar-refractivity contribution in [2.75, 3.05) is 37.0 Å². The van der Waals surface area contributed by atoms with E-state index in [9.17, 15) is 0 Å². The number of anilines is 2. The van der Waals surface area contributed by atoms with Crippen molar-refractivity contribution in [3.63, 3.8) is 0 Å². The van der Waals surface area contributed by atoms with Gasteiger partial charge in [0.2, 0.25) is 0 Å². The zero-order valence-corrected chi connectivity index (χ0v) is 12.4. The van der Waals surface area contributed by atoms with E-state index in [4.69, 9.17) is 4.74 Å². The molecule has 1 aliphatic rings.